The number of amides is 2. The van der Waals surface area contributed by atoms with Crippen molar-refractivity contribution in [1.82, 2.24) is 20.2 Å². The van der Waals surface area contributed by atoms with Crippen molar-refractivity contribution in [3.05, 3.63) is 28.4 Å². The van der Waals surface area contributed by atoms with Gasteiger partial charge in [0.05, 0.1) is 16.8 Å². The van der Waals surface area contributed by atoms with Crippen molar-refractivity contribution in [3.63, 3.8) is 0 Å². The van der Waals surface area contributed by atoms with Crippen LogP contribution in [0.2, 0.25) is 0 Å². The largest absolute Gasteiger partial charge is 0.342 e. The van der Waals surface area contributed by atoms with Crippen LogP contribution < -0.4 is 10.9 Å². The van der Waals surface area contributed by atoms with Crippen molar-refractivity contribution < 1.29 is 9.59 Å². The fraction of sp³-hybridized carbons (Fsp3) is 0.625. The first-order valence-electron chi connectivity index (χ1n) is 8.15. The zero-order valence-electron chi connectivity index (χ0n) is 13.9. The monoisotopic (exact) mass is 350 g/mol. The molecule has 2 N–H and O–H groups in total. The minimum atomic E-state index is -0.476. The van der Waals surface area contributed by atoms with Crippen molar-refractivity contribution in [2.45, 2.75) is 43.4 Å². The Hall–Kier alpha value is -1.83. The van der Waals surface area contributed by atoms with Crippen LogP contribution in [-0.4, -0.2) is 56.3 Å². The average molecular weight is 350 g/mol. The number of H-pyrrole nitrogens is 1. The molecule has 2 amide bonds. The zero-order chi connectivity index (χ0) is 17.3. The Morgan fingerprint density at radius 3 is 2.67 bits per heavy atom. The summed E-state index contributed by atoms with van der Waals surface area (Å²) in [6.45, 7) is 4.98. The predicted octanol–water partition coefficient (Wildman–Crippen LogP) is 0.486. The maximum Gasteiger partial charge on any atom is 0.250 e. The van der Waals surface area contributed by atoms with E-state index < -0.39 is 10.8 Å². The van der Waals surface area contributed by atoms with E-state index in [0.29, 0.717) is 18.8 Å². The topological polar surface area (TPSA) is 95.2 Å². The van der Waals surface area contributed by atoms with Crippen molar-refractivity contribution in [2.75, 3.05) is 18.8 Å². The summed E-state index contributed by atoms with van der Waals surface area (Å²) in [5, 5.41) is 2.85. The number of nitrogens with one attached hydrogen (secondary N) is 2. The van der Waals surface area contributed by atoms with Crippen LogP contribution >= 0.6 is 11.8 Å². The van der Waals surface area contributed by atoms with Crippen molar-refractivity contribution in [1.29, 1.82) is 0 Å². The van der Waals surface area contributed by atoms with Gasteiger partial charge in [-0.2, -0.15) is 0 Å². The molecule has 1 aromatic heterocycles. The van der Waals surface area contributed by atoms with E-state index in [-0.39, 0.29) is 23.3 Å². The lowest BCUT2D eigenvalue weighted by Crippen LogP contribution is -2.58. The summed E-state index contributed by atoms with van der Waals surface area (Å²) in [6.07, 6.45) is 2.98. The van der Waals surface area contributed by atoms with Crippen LogP contribution in [0.1, 0.15) is 38.3 Å². The predicted molar refractivity (Wildman–Crippen MR) is 91.9 cm³/mol. The number of nitrogens with zero attached hydrogens (tertiary/aromatic N) is 2. The van der Waals surface area contributed by atoms with Crippen molar-refractivity contribution >= 4 is 23.6 Å². The fourth-order valence-electron chi connectivity index (χ4n) is 3.09. The molecule has 0 radical (unpaired) electrons. The number of piperidine rings is 1. The first-order valence-corrected chi connectivity index (χ1v) is 9.14. The number of aromatic amines is 1. The molecule has 0 spiro atoms. The molecule has 2 fully saturated rings. The quantitative estimate of drug-likeness (QED) is 0.809. The summed E-state index contributed by atoms with van der Waals surface area (Å²) in [7, 11) is 0. The molecule has 1 aromatic rings. The Morgan fingerprint density at radius 2 is 2.04 bits per heavy atom. The van der Waals surface area contributed by atoms with Gasteiger partial charge >= 0.3 is 0 Å². The first kappa shape index (κ1) is 17.0. The molecule has 7 nitrogen and oxygen atoms in total. The number of hydrogen-bond donors (Lipinski definition) is 2. The Balaban J connectivity index is 1.58. The molecule has 0 aliphatic carbocycles. The van der Waals surface area contributed by atoms with E-state index in [9.17, 15) is 14.4 Å². The normalized spacial score (nSPS) is 24.5. The molecule has 8 heteroatoms. The molecule has 130 valence electrons. The average Bonchev–Trinajstić information content (AvgIpc) is 2.57. The van der Waals surface area contributed by atoms with E-state index in [1.165, 1.54) is 24.2 Å². The van der Waals surface area contributed by atoms with Crippen LogP contribution in [0.3, 0.4) is 0 Å². The smallest absolute Gasteiger partial charge is 0.250 e. The van der Waals surface area contributed by atoms with E-state index in [0.717, 1.165) is 18.5 Å². The second kappa shape index (κ2) is 6.58. The lowest BCUT2D eigenvalue weighted by molar-refractivity contribution is -0.137. The van der Waals surface area contributed by atoms with Crippen LogP contribution in [0.5, 0.6) is 0 Å². The van der Waals surface area contributed by atoms with Gasteiger partial charge in [-0.3, -0.25) is 14.4 Å². The van der Waals surface area contributed by atoms with Gasteiger partial charge in [-0.1, -0.05) is 0 Å². The molecule has 1 atom stereocenters. The van der Waals surface area contributed by atoms with Gasteiger partial charge in [0, 0.05) is 30.8 Å². The number of likely N-dealkylation sites (tertiary alicyclic amines) is 1. The fourth-order valence-corrected chi connectivity index (χ4v) is 4.09. The van der Waals surface area contributed by atoms with Crippen LogP contribution in [0.25, 0.3) is 0 Å². The Bertz CT molecular complexity index is 695. The minimum absolute atomic E-state index is 0.0105. The first-order chi connectivity index (χ1) is 11.4. The highest BCUT2D eigenvalue weighted by atomic mass is 32.2. The highest BCUT2D eigenvalue weighted by molar-refractivity contribution is 8.01. The molecule has 2 aliphatic rings. The number of rotatable bonds is 2. The lowest BCUT2D eigenvalue weighted by Gasteiger charge is -2.38. The number of carbonyl (C=O) groups is 2. The summed E-state index contributed by atoms with van der Waals surface area (Å²) < 4.78 is -0.476. The van der Waals surface area contributed by atoms with Crippen molar-refractivity contribution in [3.8, 4) is 0 Å². The summed E-state index contributed by atoms with van der Waals surface area (Å²) in [6, 6.07) is 1.09. The molecule has 3 rings (SSSR count). The van der Waals surface area contributed by atoms with Gasteiger partial charge in [0.1, 0.15) is 6.04 Å². The van der Waals surface area contributed by atoms with Gasteiger partial charge in [-0.15, -0.1) is 11.8 Å². The molecule has 2 aliphatic heterocycles. The molecule has 2 saturated heterocycles. The maximum atomic E-state index is 12.6. The Labute approximate surface area is 144 Å². The Kier molecular flexibility index (Phi) is 4.67. The Morgan fingerprint density at radius 1 is 1.33 bits per heavy atom. The second-order valence-electron chi connectivity index (χ2n) is 6.78. The third-order valence-corrected chi connectivity index (χ3v) is 6.09. The molecular weight excluding hydrogens is 328 g/mol. The molecule has 0 unspecified atom stereocenters. The highest BCUT2D eigenvalue weighted by Gasteiger charge is 2.39. The van der Waals surface area contributed by atoms with Gasteiger partial charge in [0.15, 0.2) is 0 Å². The van der Waals surface area contributed by atoms with Crippen LogP contribution in [0, 0.1) is 0 Å². The van der Waals surface area contributed by atoms with Gasteiger partial charge in [-0.25, -0.2) is 4.98 Å². The number of hydrogen-bond acceptors (Lipinski definition) is 5. The van der Waals surface area contributed by atoms with Gasteiger partial charge in [0.2, 0.25) is 11.8 Å². The second-order valence-corrected chi connectivity index (χ2v) is 8.43. The van der Waals surface area contributed by atoms with Gasteiger partial charge < -0.3 is 15.2 Å². The third-order valence-electron chi connectivity index (χ3n) is 4.69. The summed E-state index contributed by atoms with van der Waals surface area (Å²) in [5.74, 6) is 0.710. The van der Waals surface area contributed by atoms with Gasteiger partial charge in [0.25, 0.3) is 5.56 Å². The maximum absolute atomic E-state index is 12.6. The third kappa shape index (κ3) is 3.48. The van der Waals surface area contributed by atoms with Gasteiger partial charge in [-0.05, 0) is 26.7 Å². The standard InChI is InChI=1S/C16H22N4O3S/c1-16(2)15(23)19-12(8-24-16)14(22)20-5-3-10(4-6-20)11-7-13(21)18-9-17-11/h7,9-10,12H,3-6,8H2,1-2H3,(H,19,23)(H,17,18,21)/t12-/m1/s1. The summed E-state index contributed by atoms with van der Waals surface area (Å²) in [5.41, 5.74) is 0.636. The van der Waals surface area contributed by atoms with Crippen molar-refractivity contribution in [2.24, 2.45) is 0 Å². The SMILES string of the molecule is CC1(C)SC[C@H](C(=O)N2CCC(c3cc(=O)[nH]cn3)CC2)NC1=O. The van der Waals surface area contributed by atoms with Crippen LogP contribution in [0.4, 0.5) is 0 Å². The summed E-state index contributed by atoms with van der Waals surface area (Å²) in [4.78, 5) is 44.6. The summed E-state index contributed by atoms with van der Waals surface area (Å²) >= 11 is 1.52. The van der Waals surface area contributed by atoms with E-state index >= 15 is 0 Å². The molecular formula is C16H22N4O3S. The van der Waals surface area contributed by atoms with E-state index in [2.05, 4.69) is 15.3 Å². The molecule has 24 heavy (non-hydrogen) atoms. The highest BCUT2D eigenvalue weighted by Crippen LogP contribution is 2.31. The molecule has 0 aromatic carbocycles. The molecule has 3 heterocycles. The lowest BCUT2D eigenvalue weighted by atomic mass is 9.93. The molecule has 0 saturated carbocycles. The minimum Gasteiger partial charge on any atom is -0.342 e. The number of thioether (sulfide) groups is 1. The molecule has 0 bridgehead atoms. The van der Waals surface area contributed by atoms with Crippen LogP contribution in [0.15, 0.2) is 17.2 Å². The van der Waals surface area contributed by atoms with E-state index in [4.69, 9.17) is 0 Å². The number of carbonyl (C=O) groups excluding carboxylic acids is 2. The van der Waals surface area contributed by atoms with Crippen LogP contribution in [-0.2, 0) is 9.59 Å². The zero-order valence-corrected chi connectivity index (χ0v) is 14.7. The van der Waals surface area contributed by atoms with E-state index in [1.807, 2.05) is 18.7 Å². The van der Waals surface area contributed by atoms with E-state index in [1.54, 1.807) is 0 Å². The number of aromatic nitrogens is 2.